The van der Waals surface area contributed by atoms with E-state index in [9.17, 15) is 31.1 Å². The molecule has 0 fully saturated rings. The normalized spacial score (nSPS) is 12.0. The molecule has 1 aromatic heterocycles. The third kappa shape index (κ3) is 5.44. The average Bonchev–Trinajstić information content (AvgIpc) is 3.06. The van der Waals surface area contributed by atoms with Gasteiger partial charge < -0.3 is 4.74 Å². The van der Waals surface area contributed by atoms with Crippen LogP contribution in [0.1, 0.15) is 20.4 Å². The van der Waals surface area contributed by atoms with E-state index < -0.39 is 34.8 Å². The molecule has 0 spiro atoms. The van der Waals surface area contributed by atoms with E-state index in [1.165, 1.54) is 19.1 Å². The molecular weight excluding hydrogens is 594 g/mol. The number of aromatic nitrogens is 1. The van der Waals surface area contributed by atoms with Gasteiger partial charge in [0.05, 0.1) is 10.7 Å². The largest absolute Gasteiger partial charge is 0.573 e. The predicted molar refractivity (Wildman–Crippen MR) is 113 cm³/mol. The highest BCUT2D eigenvalue weighted by Gasteiger charge is 2.41. The van der Waals surface area contributed by atoms with Crippen molar-refractivity contribution in [3.63, 3.8) is 0 Å². The molecule has 0 saturated carbocycles. The maximum Gasteiger partial charge on any atom is 0.573 e. The summed E-state index contributed by atoms with van der Waals surface area (Å²) in [5.74, 6) is -1.65. The molecule has 1 amide bonds. The Morgan fingerprint density at radius 1 is 1.03 bits per heavy atom. The smallest absolute Gasteiger partial charge is 0.406 e. The van der Waals surface area contributed by atoms with Gasteiger partial charge in [0.1, 0.15) is 10.6 Å². The van der Waals surface area contributed by atoms with Crippen LogP contribution in [0.2, 0.25) is 0 Å². The number of halogens is 8. The summed E-state index contributed by atoms with van der Waals surface area (Å²) in [6.07, 6.45) is -9.84. The molecule has 32 heavy (non-hydrogen) atoms. The van der Waals surface area contributed by atoms with E-state index in [1.807, 2.05) is 0 Å². The number of alkyl halides is 6. The van der Waals surface area contributed by atoms with Gasteiger partial charge in [0.15, 0.2) is 5.69 Å². The number of amides is 1. The fourth-order valence-corrected chi connectivity index (χ4v) is 5.11. The van der Waals surface area contributed by atoms with Crippen LogP contribution in [0, 0.1) is 6.92 Å². The molecule has 0 radical (unpaired) electrons. The Morgan fingerprint density at radius 2 is 1.59 bits per heavy atom. The lowest BCUT2D eigenvalue weighted by Gasteiger charge is -2.26. The van der Waals surface area contributed by atoms with Crippen LogP contribution in [0.4, 0.5) is 37.7 Å². The Hall–Kier alpha value is -2.12. The molecule has 0 unspecified atom stereocenters. The average molecular weight is 604 g/mol. The fraction of sp³-hybridized carbons (Fsp3) is 0.158. The van der Waals surface area contributed by atoms with E-state index in [0.717, 1.165) is 17.0 Å². The number of para-hydroxylation sites is 1. The van der Waals surface area contributed by atoms with E-state index >= 15 is 0 Å². The fourth-order valence-electron chi connectivity index (χ4n) is 2.74. The number of thiazole rings is 1. The number of aryl methyl sites for hydroxylation is 1. The first kappa shape index (κ1) is 24.5. The summed E-state index contributed by atoms with van der Waals surface area (Å²) in [6, 6.07) is 9.60. The van der Waals surface area contributed by atoms with Crippen molar-refractivity contribution in [3.05, 3.63) is 67.0 Å². The van der Waals surface area contributed by atoms with Crippen molar-refractivity contribution >= 4 is 60.5 Å². The number of rotatable bonds is 4. The van der Waals surface area contributed by atoms with E-state index in [2.05, 4.69) is 41.6 Å². The molecule has 0 aliphatic carbocycles. The molecule has 1 heterocycles. The highest BCUT2D eigenvalue weighted by atomic mass is 79.9. The molecule has 4 nitrogen and oxygen atoms in total. The topological polar surface area (TPSA) is 42.4 Å². The minimum absolute atomic E-state index is 0.0186. The van der Waals surface area contributed by atoms with Crippen LogP contribution in [0.25, 0.3) is 0 Å². The molecular formula is C19H10Br2F6N2O2S. The number of nitrogens with zero attached hydrogens (tertiary/aromatic N) is 2. The molecule has 3 aromatic rings. The Bertz CT molecular complexity index is 1130. The highest BCUT2D eigenvalue weighted by molar-refractivity contribution is 9.11. The molecule has 0 saturated heterocycles. The maximum absolute atomic E-state index is 13.5. The van der Waals surface area contributed by atoms with Gasteiger partial charge in [-0.3, -0.25) is 9.69 Å². The third-order valence-electron chi connectivity index (χ3n) is 3.86. The summed E-state index contributed by atoms with van der Waals surface area (Å²) in [5, 5.41) is 0.0285. The molecule has 0 bridgehead atoms. The van der Waals surface area contributed by atoms with Crippen molar-refractivity contribution in [2.75, 3.05) is 4.90 Å². The third-order valence-corrected chi connectivity index (χ3v) is 6.03. The summed E-state index contributed by atoms with van der Waals surface area (Å²) >= 11 is 6.77. The van der Waals surface area contributed by atoms with Gasteiger partial charge in [0, 0.05) is 14.6 Å². The van der Waals surface area contributed by atoms with Gasteiger partial charge in [-0.2, -0.15) is 13.2 Å². The molecule has 170 valence electrons. The van der Waals surface area contributed by atoms with Crippen LogP contribution in [-0.2, 0) is 6.18 Å². The molecule has 0 aliphatic heterocycles. The Balaban J connectivity index is 2.20. The standard InChI is InChI=1S/C19H10Br2F6N2O2S/c1-9-28-16(18(22,23)24)15(32-9)17(30)29(10-5-3-2-4-6-10)14-12(20)7-11(8-13(14)21)31-19(25,26)27/h2-8H,1H3. The van der Waals surface area contributed by atoms with Crippen molar-refractivity contribution in [2.45, 2.75) is 19.5 Å². The molecule has 0 atom stereocenters. The number of benzene rings is 2. The molecule has 3 rings (SSSR count). The zero-order valence-corrected chi connectivity index (χ0v) is 19.7. The molecule has 0 N–H and O–H groups in total. The van der Waals surface area contributed by atoms with Gasteiger partial charge in [0.25, 0.3) is 5.91 Å². The number of anilines is 2. The number of hydrogen-bond acceptors (Lipinski definition) is 4. The summed E-state index contributed by atoms with van der Waals surface area (Å²) in [5.41, 5.74) is -1.17. The first-order chi connectivity index (χ1) is 14.8. The number of carbonyl (C=O) groups is 1. The number of ether oxygens (including phenoxy) is 1. The lowest BCUT2D eigenvalue weighted by Crippen LogP contribution is -2.28. The minimum atomic E-state index is -4.96. The van der Waals surface area contributed by atoms with Gasteiger partial charge in [-0.1, -0.05) is 18.2 Å². The lowest BCUT2D eigenvalue weighted by molar-refractivity contribution is -0.274. The van der Waals surface area contributed by atoms with E-state index in [0.29, 0.717) is 11.3 Å². The first-order valence-corrected chi connectivity index (χ1v) is 10.9. The monoisotopic (exact) mass is 602 g/mol. The maximum atomic E-state index is 13.5. The SMILES string of the molecule is Cc1nc(C(F)(F)F)c(C(=O)N(c2ccccc2)c2c(Br)cc(OC(F)(F)F)cc2Br)s1. The van der Waals surface area contributed by atoms with Gasteiger partial charge >= 0.3 is 12.5 Å². The van der Waals surface area contributed by atoms with Crippen molar-refractivity contribution in [1.82, 2.24) is 4.98 Å². The van der Waals surface area contributed by atoms with Crippen LogP contribution >= 0.6 is 43.2 Å². The van der Waals surface area contributed by atoms with E-state index in [4.69, 9.17) is 0 Å². The Kier molecular flexibility index (Phi) is 6.91. The second-order valence-corrected chi connectivity index (χ2v) is 9.08. The van der Waals surface area contributed by atoms with Crippen LogP contribution in [-0.4, -0.2) is 17.3 Å². The second-order valence-electron chi connectivity index (χ2n) is 6.17. The molecule has 2 aromatic carbocycles. The van der Waals surface area contributed by atoms with E-state index in [1.54, 1.807) is 18.2 Å². The first-order valence-electron chi connectivity index (χ1n) is 8.47. The second kappa shape index (κ2) is 9.02. The quantitative estimate of drug-likeness (QED) is 0.285. The minimum Gasteiger partial charge on any atom is -0.406 e. The predicted octanol–water partition coefficient (Wildman–Crippen LogP) is 7.87. The molecule has 0 aliphatic rings. The Morgan fingerprint density at radius 3 is 2.09 bits per heavy atom. The van der Waals surface area contributed by atoms with Gasteiger partial charge in [-0.05, 0) is 63.0 Å². The summed E-state index contributed by atoms with van der Waals surface area (Å²) < 4.78 is 82.1. The van der Waals surface area contributed by atoms with Crippen LogP contribution < -0.4 is 9.64 Å². The van der Waals surface area contributed by atoms with Gasteiger partial charge in [0.2, 0.25) is 0 Å². The van der Waals surface area contributed by atoms with Crippen LogP contribution in [0.3, 0.4) is 0 Å². The summed E-state index contributed by atoms with van der Waals surface area (Å²) in [7, 11) is 0. The number of hydrogen-bond donors (Lipinski definition) is 0. The zero-order chi connectivity index (χ0) is 23.8. The van der Waals surface area contributed by atoms with Crippen molar-refractivity contribution in [3.8, 4) is 5.75 Å². The summed E-state index contributed by atoms with van der Waals surface area (Å²) in [4.78, 5) is 17.1. The summed E-state index contributed by atoms with van der Waals surface area (Å²) in [6.45, 7) is 1.33. The van der Waals surface area contributed by atoms with Gasteiger partial charge in [-0.15, -0.1) is 24.5 Å². The van der Waals surface area contributed by atoms with Crippen molar-refractivity contribution in [1.29, 1.82) is 0 Å². The van der Waals surface area contributed by atoms with Gasteiger partial charge in [-0.25, -0.2) is 4.98 Å². The van der Waals surface area contributed by atoms with Crippen molar-refractivity contribution in [2.24, 2.45) is 0 Å². The molecule has 13 heteroatoms. The Labute approximate surface area is 198 Å². The van der Waals surface area contributed by atoms with E-state index in [-0.39, 0.29) is 25.3 Å². The van der Waals surface area contributed by atoms with Crippen molar-refractivity contribution < 1.29 is 35.9 Å². The lowest BCUT2D eigenvalue weighted by atomic mass is 10.2. The van der Waals surface area contributed by atoms with Crippen LogP contribution in [0.15, 0.2) is 51.4 Å². The zero-order valence-electron chi connectivity index (χ0n) is 15.7. The number of carbonyl (C=O) groups excluding carboxylic acids is 1. The van der Waals surface area contributed by atoms with Crippen LogP contribution in [0.5, 0.6) is 5.75 Å². The highest BCUT2D eigenvalue weighted by Crippen LogP contribution is 2.44.